The molecule has 8 heteroatoms. The Kier molecular flexibility index (Phi) is 7.00. The molecule has 0 aromatic carbocycles. The second-order valence-electron chi connectivity index (χ2n) is 9.60. The quantitative estimate of drug-likeness (QED) is 0.719. The van der Waals surface area contributed by atoms with Gasteiger partial charge in [0.05, 0.1) is 24.4 Å². The molecule has 0 spiro atoms. The number of methoxy groups -OCH3 is 1. The highest BCUT2D eigenvalue weighted by Crippen LogP contribution is 2.42. The summed E-state index contributed by atoms with van der Waals surface area (Å²) < 4.78 is 5.75. The van der Waals surface area contributed by atoms with E-state index in [-0.39, 0.29) is 29.7 Å². The Morgan fingerprint density at radius 3 is 2.72 bits per heavy atom. The molecule has 1 aromatic heterocycles. The van der Waals surface area contributed by atoms with E-state index in [1.165, 1.54) is 0 Å². The topological polar surface area (TPSA) is 78.0 Å². The number of carbonyl (C=O) groups is 2. The SMILES string of the molecule is CCCCN1CC(c2ncc(C(=O)N3CCN(C)CC3)cc2OC)C2CC(C)NC2C1=O. The molecule has 32 heavy (non-hydrogen) atoms. The van der Waals surface area contributed by atoms with Crippen molar-refractivity contribution in [2.45, 2.75) is 51.1 Å². The van der Waals surface area contributed by atoms with Crippen molar-refractivity contribution in [2.75, 3.05) is 53.4 Å². The van der Waals surface area contributed by atoms with Gasteiger partial charge >= 0.3 is 0 Å². The second-order valence-corrected chi connectivity index (χ2v) is 9.60. The summed E-state index contributed by atoms with van der Waals surface area (Å²) in [6, 6.07) is 1.97. The zero-order valence-corrected chi connectivity index (χ0v) is 19.8. The van der Waals surface area contributed by atoms with Gasteiger partial charge in [0.1, 0.15) is 5.75 Å². The van der Waals surface area contributed by atoms with Gasteiger partial charge in [0.25, 0.3) is 5.91 Å². The molecule has 0 radical (unpaired) electrons. The molecule has 2 amide bonds. The number of piperazine rings is 1. The molecule has 4 atom stereocenters. The number of pyridine rings is 1. The summed E-state index contributed by atoms with van der Waals surface area (Å²) in [6.45, 7) is 8.93. The molecule has 176 valence electrons. The molecule has 4 rings (SSSR count). The van der Waals surface area contributed by atoms with Crippen molar-refractivity contribution < 1.29 is 14.3 Å². The van der Waals surface area contributed by atoms with Crippen LogP contribution in [-0.2, 0) is 4.79 Å². The van der Waals surface area contributed by atoms with Crippen molar-refractivity contribution in [1.82, 2.24) is 25.0 Å². The van der Waals surface area contributed by atoms with Crippen molar-refractivity contribution in [3.05, 3.63) is 23.5 Å². The fraction of sp³-hybridized carbons (Fsp3) is 0.708. The first kappa shape index (κ1) is 23.0. The zero-order valence-electron chi connectivity index (χ0n) is 19.8. The molecular weight excluding hydrogens is 406 g/mol. The molecule has 0 bridgehead atoms. The van der Waals surface area contributed by atoms with E-state index < -0.39 is 0 Å². The van der Waals surface area contributed by atoms with Crippen LogP contribution in [0.5, 0.6) is 5.75 Å². The van der Waals surface area contributed by atoms with E-state index in [1.807, 2.05) is 15.9 Å². The average Bonchev–Trinajstić information content (AvgIpc) is 3.20. The van der Waals surface area contributed by atoms with Crippen LogP contribution in [0.2, 0.25) is 0 Å². The van der Waals surface area contributed by atoms with E-state index in [0.29, 0.717) is 23.9 Å². The summed E-state index contributed by atoms with van der Waals surface area (Å²) in [4.78, 5) is 37.0. The van der Waals surface area contributed by atoms with Crippen LogP contribution >= 0.6 is 0 Å². The maximum Gasteiger partial charge on any atom is 0.255 e. The monoisotopic (exact) mass is 443 g/mol. The lowest BCUT2D eigenvalue weighted by Gasteiger charge is -2.40. The van der Waals surface area contributed by atoms with E-state index in [2.05, 4.69) is 31.1 Å². The maximum atomic E-state index is 13.1. The Bertz CT molecular complexity index is 839. The standard InChI is InChI=1S/C24H37N5O3/c1-5-6-7-29-15-19(18-12-16(2)26-22(18)24(29)31)21-20(32-4)13-17(14-25-21)23(30)28-10-8-27(3)9-11-28/h13-14,16,18-19,22,26H,5-12,15H2,1-4H3. The van der Waals surface area contributed by atoms with Gasteiger partial charge in [0.15, 0.2) is 0 Å². The molecule has 1 N–H and O–H groups in total. The van der Waals surface area contributed by atoms with Crippen LogP contribution in [0, 0.1) is 5.92 Å². The van der Waals surface area contributed by atoms with Crippen LogP contribution in [-0.4, -0.2) is 97.0 Å². The molecule has 4 unspecified atom stereocenters. The molecular formula is C24H37N5O3. The molecule has 1 aromatic rings. The third-order valence-corrected chi connectivity index (χ3v) is 7.30. The molecule has 0 aliphatic carbocycles. The second kappa shape index (κ2) is 9.75. The van der Waals surface area contributed by atoms with Crippen molar-refractivity contribution in [3.63, 3.8) is 0 Å². The number of aromatic nitrogens is 1. The Balaban J connectivity index is 1.59. The minimum absolute atomic E-state index is 0.00729. The number of rotatable bonds is 6. The fourth-order valence-electron chi connectivity index (χ4n) is 5.40. The van der Waals surface area contributed by atoms with Gasteiger partial charge in [-0.25, -0.2) is 0 Å². The van der Waals surface area contributed by atoms with E-state index in [0.717, 1.165) is 57.7 Å². The van der Waals surface area contributed by atoms with Gasteiger partial charge in [0.2, 0.25) is 5.91 Å². The van der Waals surface area contributed by atoms with Gasteiger partial charge in [-0.2, -0.15) is 0 Å². The molecule has 3 aliphatic heterocycles. The number of ether oxygens (including phenoxy) is 1. The number of amides is 2. The largest absolute Gasteiger partial charge is 0.495 e. The number of nitrogens with zero attached hydrogens (tertiary/aromatic N) is 4. The van der Waals surface area contributed by atoms with Crippen LogP contribution < -0.4 is 10.1 Å². The van der Waals surface area contributed by atoms with Gasteiger partial charge in [-0.05, 0) is 38.8 Å². The third-order valence-electron chi connectivity index (χ3n) is 7.30. The van der Waals surface area contributed by atoms with E-state index in [4.69, 9.17) is 9.72 Å². The Morgan fingerprint density at radius 2 is 2.03 bits per heavy atom. The molecule has 3 saturated heterocycles. The first-order valence-corrected chi connectivity index (χ1v) is 12.0. The van der Waals surface area contributed by atoms with Crippen LogP contribution in [0.15, 0.2) is 12.3 Å². The van der Waals surface area contributed by atoms with Crippen molar-refractivity contribution in [1.29, 1.82) is 0 Å². The average molecular weight is 444 g/mol. The molecule has 0 saturated carbocycles. The van der Waals surface area contributed by atoms with E-state index in [1.54, 1.807) is 13.3 Å². The Labute approximate surface area is 191 Å². The summed E-state index contributed by atoms with van der Waals surface area (Å²) in [6.07, 6.45) is 4.69. The predicted molar refractivity (Wildman–Crippen MR) is 123 cm³/mol. The van der Waals surface area contributed by atoms with Gasteiger partial charge in [-0.3, -0.25) is 14.6 Å². The van der Waals surface area contributed by atoms with Crippen LogP contribution in [0.1, 0.15) is 55.1 Å². The van der Waals surface area contributed by atoms with E-state index in [9.17, 15) is 9.59 Å². The number of likely N-dealkylation sites (N-methyl/N-ethyl adjacent to an activating group) is 1. The summed E-state index contributed by atoms with van der Waals surface area (Å²) >= 11 is 0. The van der Waals surface area contributed by atoms with Crippen molar-refractivity contribution >= 4 is 11.8 Å². The summed E-state index contributed by atoms with van der Waals surface area (Å²) in [5.74, 6) is 1.15. The number of fused-ring (bicyclic) bond motifs is 1. The molecule has 8 nitrogen and oxygen atoms in total. The van der Waals surface area contributed by atoms with Crippen LogP contribution in [0.4, 0.5) is 0 Å². The number of likely N-dealkylation sites (tertiary alicyclic amines) is 1. The zero-order chi connectivity index (χ0) is 22.8. The number of unbranched alkanes of at least 4 members (excludes halogenated alkanes) is 1. The minimum Gasteiger partial charge on any atom is -0.495 e. The lowest BCUT2D eigenvalue weighted by Crippen LogP contribution is -2.55. The number of nitrogens with one attached hydrogen (secondary N) is 1. The highest BCUT2D eigenvalue weighted by atomic mass is 16.5. The number of piperidine rings is 1. The van der Waals surface area contributed by atoms with Crippen LogP contribution in [0.3, 0.4) is 0 Å². The van der Waals surface area contributed by atoms with Gasteiger partial charge in [-0.1, -0.05) is 13.3 Å². The Morgan fingerprint density at radius 1 is 1.28 bits per heavy atom. The highest BCUT2D eigenvalue weighted by Gasteiger charge is 2.48. The highest BCUT2D eigenvalue weighted by molar-refractivity contribution is 5.94. The number of hydrogen-bond donors (Lipinski definition) is 1. The summed E-state index contributed by atoms with van der Waals surface area (Å²) in [7, 11) is 3.71. The smallest absolute Gasteiger partial charge is 0.255 e. The first-order valence-electron chi connectivity index (χ1n) is 12.0. The summed E-state index contributed by atoms with van der Waals surface area (Å²) in [5.41, 5.74) is 1.43. The maximum absolute atomic E-state index is 13.1. The van der Waals surface area contributed by atoms with Gasteiger partial charge in [0, 0.05) is 57.4 Å². The Hall–Kier alpha value is -2.19. The molecule has 4 heterocycles. The van der Waals surface area contributed by atoms with Crippen molar-refractivity contribution in [2.24, 2.45) is 5.92 Å². The van der Waals surface area contributed by atoms with E-state index >= 15 is 0 Å². The van der Waals surface area contributed by atoms with Crippen LogP contribution in [0.25, 0.3) is 0 Å². The van der Waals surface area contributed by atoms with Gasteiger partial charge < -0.3 is 24.8 Å². The fourth-order valence-corrected chi connectivity index (χ4v) is 5.40. The normalized spacial score (nSPS) is 28.7. The number of hydrogen-bond acceptors (Lipinski definition) is 6. The lowest BCUT2D eigenvalue weighted by atomic mass is 9.78. The molecule has 3 fully saturated rings. The lowest BCUT2D eigenvalue weighted by molar-refractivity contribution is -0.138. The first-order chi connectivity index (χ1) is 15.4. The third kappa shape index (κ3) is 4.48. The van der Waals surface area contributed by atoms with Gasteiger partial charge in [-0.15, -0.1) is 0 Å². The molecule has 3 aliphatic rings. The number of carbonyl (C=O) groups excluding carboxylic acids is 2. The predicted octanol–water partition coefficient (Wildman–Crippen LogP) is 1.57. The van der Waals surface area contributed by atoms with Crippen molar-refractivity contribution in [3.8, 4) is 5.75 Å². The summed E-state index contributed by atoms with van der Waals surface area (Å²) in [5, 5.41) is 3.50. The minimum atomic E-state index is -0.168.